The Morgan fingerprint density at radius 2 is 1.79 bits per heavy atom. The second-order valence-corrected chi connectivity index (χ2v) is 5.93. The van der Waals surface area contributed by atoms with Crippen molar-refractivity contribution >= 4 is 11.7 Å². The minimum Gasteiger partial charge on any atom is -0.459 e. The molecule has 0 spiro atoms. The molecule has 5 nitrogen and oxygen atoms in total. The molecule has 0 bridgehead atoms. The Bertz CT molecular complexity index is 500. The lowest BCUT2D eigenvalue weighted by molar-refractivity contribution is -0.384. The number of nitrogens with zero attached hydrogens (tertiary/aromatic N) is 1. The lowest BCUT2D eigenvalue weighted by Gasteiger charge is -2.28. The van der Waals surface area contributed by atoms with Crippen molar-refractivity contribution < 1.29 is 14.5 Å². The van der Waals surface area contributed by atoms with E-state index in [1.54, 1.807) is 46.8 Å². The van der Waals surface area contributed by atoms with Crippen LogP contribution in [0.2, 0.25) is 0 Å². The summed E-state index contributed by atoms with van der Waals surface area (Å²) in [5.41, 5.74) is -0.987. The average molecular weight is 265 g/mol. The summed E-state index contributed by atoms with van der Waals surface area (Å²) in [5.74, 6) is -0.402. The van der Waals surface area contributed by atoms with Crippen molar-refractivity contribution in [2.75, 3.05) is 0 Å². The summed E-state index contributed by atoms with van der Waals surface area (Å²) in [6, 6.07) is 6.06. The minimum absolute atomic E-state index is 0.0332. The molecule has 0 aliphatic heterocycles. The third-order valence-corrected chi connectivity index (χ3v) is 2.69. The van der Waals surface area contributed by atoms with Crippen LogP contribution >= 0.6 is 0 Å². The number of carbonyl (C=O) groups is 1. The van der Waals surface area contributed by atoms with E-state index in [2.05, 4.69) is 0 Å². The van der Waals surface area contributed by atoms with Gasteiger partial charge < -0.3 is 4.74 Å². The molecular weight excluding hydrogens is 246 g/mol. The summed E-state index contributed by atoms with van der Waals surface area (Å²) in [4.78, 5) is 22.5. The Morgan fingerprint density at radius 3 is 2.26 bits per heavy atom. The second-order valence-electron chi connectivity index (χ2n) is 5.93. The lowest BCUT2D eigenvalue weighted by Crippen LogP contribution is -2.36. The molecule has 0 saturated heterocycles. The molecule has 0 amide bonds. The van der Waals surface area contributed by atoms with Gasteiger partial charge in [-0.05, 0) is 40.2 Å². The number of hydrogen-bond acceptors (Lipinski definition) is 4. The summed E-state index contributed by atoms with van der Waals surface area (Å²) in [6.45, 7) is 8.75. The van der Waals surface area contributed by atoms with Crippen molar-refractivity contribution in [1.82, 2.24) is 0 Å². The quantitative estimate of drug-likeness (QED) is 0.478. The first kappa shape index (κ1) is 15.1. The molecule has 0 fully saturated rings. The molecule has 0 radical (unpaired) electrons. The van der Waals surface area contributed by atoms with Crippen LogP contribution in [0.25, 0.3) is 0 Å². The van der Waals surface area contributed by atoms with Crippen LogP contribution in [0, 0.1) is 10.1 Å². The number of hydrogen-bond donors (Lipinski definition) is 0. The van der Waals surface area contributed by atoms with E-state index >= 15 is 0 Å². The number of ether oxygens (including phenoxy) is 1. The summed E-state index contributed by atoms with van der Waals surface area (Å²) in [6.07, 6.45) is 0. The molecule has 0 aliphatic rings. The normalized spacial score (nSPS) is 12.1. The van der Waals surface area contributed by atoms with Crippen molar-refractivity contribution in [2.45, 2.75) is 45.6 Å². The van der Waals surface area contributed by atoms with Crippen LogP contribution in [-0.4, -0.2) is 16.5 Å². The molecule has 1 aromatic rings. The smallest absolute Gasteiger partial charge is 0.316 e. The SMILES string of the molecule is CC(C)(C)OC(=O)C(C)(C)c1cccc([N+](=O)[O-])c1. The first-order chi connectivity index (χ1) is 8.54. The number of non-ortho nitro benzene ring substituents is 1. The van der Waals surface area contributed by atoms with Crippen LogP contribution < -0.4 is 0 Å². The fourth-order valence-corrected chi connectivity index (χ4v) is 1.53. The van der Waals surface area contributed by atoms with Gasteiger partial charge in [-0.3, -0.25) is 14.9 Å². The van der Waals surface area contributed by atoms with E-state index in [0.29, 0.717) is 5.56 Å². The van der Waals surface area contributed by atoms with Gasteiger partial charge in [0.15, 0.2) is 0 Å². The van der Waals surface area contributed by atoms with E-state index in [1.807, 2.05) is 0 Å². The van der Waals surface area contributed by atoms with Crippen LogP contribution in [0.1, 0.15) is 40.2 Å². The predicted molar refractivity (Wildman–Crippen MR) is 72.0 cm³/mol. The molecule has 0 saturated carbocycles. The first-order valence-electron chi connectivity index (χ1n) is 6.02. The maximum atomic E-state index is 12.2. The van der Waals surface area contributed by atoms with Crippen LogP contribution in [0.4, 0.5) is 5.69 Å². The summed E-state index contributed by atoms with van der Waals surface area (Å²) in [5, 5.41) is 10.8. The van der Waals surface area contributed by atoms with Gasteiger partial charge in [0, 0.05) is 12.1 Å². The van der Waals surface area contributed by atoms with E-state index in [9.17, 15) is 14.9 Å². The zero-order valence-electron chi connectivity index (χ0n) is 11.9. The predicted octanol–water partition coefficient (Wildman–Crippen LogP) is 3.21. The second kappa shape index (κ2) is 4.99. The average Bonchev–Trinajstić information content (AvgIpc) is 2.26. The van der Waals surface area contributed by atoms with Gasteiger partial charge >= 0.3 is 5.97 Å². The molecule has 0 aliphatic carbocycles. The zero-order valence-corrected chi connectivity index (χ0v) is 11.9. The summed E-state index contributed by atoms with van der Waals surface area (Å²) in [7, 11) is 0. The maximum Gasteiger partial charge on any atom is 0.316 e. The van der Waals surface area contributed by atoms with Crippen LogP contribution in [-0.2, 0) is 14.9 Å². The van der Waals surface area contributed by atoms with Gasteiger partial charge in [0.25, 0.3) is 5.69 Å². The molecule has 0 aromatic heterocycles. The zero-order chi connectivity index (χ0) is 14.8. The Kier molecular flexibility index (Phi) is 3.98. The van der Waals surface area contributed by atoms with Gasteiger partial charge in [0.2, 0.25) is 0 Å². The molecule has 19 heavy (non-hydrogen) atoms. The van der Waals surface area contributed by atoms with E-state index in [1.165, 1.54) is 12.1 Å². The van der Waals surface area contributed by atoms with Crippen molar-refractivity contribution in [3.63, 3.8) is 0 Å². The number of nitro benzene ring substituents is 1. The van der Waals surface area contributed by atoms with Crippen molar-refractivity contribution in [1.29, 1.82) is 0 Å². The highest BCUT2D eigenvalue weighted by molar-refractivity contribution is 5.82. The Hall–Kier alpha value is -1.91. The minimum atomic E-state index is -0.931. The number of esters is 1. The Morgan fingerprint density at radius 1 is 1.21 bits per heavy atom. The van der Waals surface area contributed by atoms with Gasteiger partial charge in [-0.1, -0.05) is 12.1 Å². The highest BCUT2D eigenvalue weighted by Gasteiger charge is 2.35. The van der Waals surface area contributed by atoms with Crippen LogP contribution in [0.5, 0.6) is 0 Å². The first-order valence-corrected chi connectivity index (χ1v) is 6.02. The Labute approximate surface area is 112 Å². The van der Waals surface area contributed by atoms with Gasteiger partial charge in [0.1, 0.15) is 5.60 Å². The van der Waals surface area contributed by atoms with Gasteiger partial charge in [0.05, 0.1) is 10.3 Å². The molecule has 1 aromatic carbocycles. The molecule has 0 N–H and O–H groups in total. The van der Waals surface area contributed by atoms with E-state index < -0.39 is 21.9 Å². The van der Waals surface area contributed by atoms with E-state index in [0.717, 1.165) is 0 Å². The van der Waals surface area contributed by atoms with Gasteiger partial charge in [-0.15, -0.1) is 0 Å². The van der Waals surface area contributed by atoms with Crippen molar-refractivity contribution in [3.05, 3.63) is 39.9 Å². The summed E-state index contributed by atoms with van der Waals surface area (Å²) >= 11 is 0. The maximum absolute atomic E-state index is 12.2. The van der Waals surface area contributed by atoms with Gasteiger partial charge in [-0.25, -0.2) is 0 Å². The number of nitro groups is 1. The Balaban J connectivity index is 3.09. The molecule has 0 atom stereocenters. The third kappa shape index (κ3) is 3.77. The topological polar surface area (TPSA) is 69.4 Å². The molecule has 1 rings (SSSR count). The molecule has 0 heterocycles. The standard InChI is InChI=1S/C14H19NO4/c1-13(2,3)19-12(16)14(4,5)10-7-6-8-11(9-10)15(17)18/h6-9H,1-5H3. The fourth-order valence-electron chi connectivity index (χ4n) is 1.53. The molecule has 5 heteroatoms. The number of benzene rings is 1. The van der Waals surface area contributed by atoms with Crippen LogP contribution in [0.15, 0.2) is 24.3 Å². The van der Waals surface area contributed by atoms with E-state index in [-0.39, 0.29) is 5.69 Å². The monoisotopic (exact) mass is 265 g/mol. The number of rotatable bonds is 3. The van der Waals surface area contributed by atoms with E-state index in [4.69, 9.17) is 4.74 Å². The molecule has 104 valence electrons. The third-order valence-electron chi connectivity index (χ3n) is 2.69. The van der Waals surface area contributed by atoms with Gasteiger partial charge in [-0.2, -0.15) is 0 Å². The summed E-state index contributed by atoms with van der Waals surface area (Å²) < 4.78 is 5.35. The highest BCUT2D eigenvalue weighted by Crippen LogP contribution is 2.29. The number of carbonyl (C=O) groups excluding carboxylic acids is 1. The highest BCUT2D eigenvalue weighted by atomic mass is 16.6. The van der Waals surface area contributed by atoms with Crippen molar-refractivity contribution in [2.24, 2.45) is 0 Å². The fraction of sp³-hybridized carbons (Fsp3) is 0.500. The van der Waals surface area contributed by atoms with Crippen LogP contribution in [0.3, 0.4) is 0 Å². The molecule has 0 unspecified atom stereocenters. The largest absolute Gasteiger partial charge is 0.459 e. The lowest BCUT2D eigenvalue weighted by atomic mass is 9.84. The van der Waals surface area contributed by atoms with Crippen molar-refractivity contribution in [3.8, 4) is 0 Å². The molecular formula is C14H19NO4.